The van der Waals surface area contributed by atoms with E-state index in [1.54, 1.807) is 12.1 Å². The molecule has 1 aromatic heterocycles. The Hall–Kier alpha value is -1.91. The van der Waals surface area contributed by atoms with E-state index >= 15 is 0 Å². The van der Waals surface area contributed by atoms with Crippen molar-refractivity contribution in [3.05, 3.63) is 59.4 Å². The summed E-state index contributed by atoms with van der Waals surface area (Å²) in [6.45, 7) is 0. The molecule has 1 aromatic carbocycles. The van der Waals surface area contributed by atoms with E-state index in [4.69, 9.17) is 17.3 Å². The molecule has 0 saturated carbocycles. The lowest BCUT2D eigenvalue weighted by molar-refractivity contribution is -0.117. The Balaban J connectivity index is 1.96. The molecule has 1 atom stereocenters. The van der Waals surface area contributed by atoms with Gasteiger partial charge in [-0.1, -0.05) is 41.9 Å². The number of amides is 1. The van der Waals surface area contributed by atoms with E-state index in [0.29, 0.717) is 17.3 Å². The molecular weight excluding hydrogens is 262 g/mol. The van der Waals surface area contributed by atoms with Crippen molar-refractivity contribution in [3.63, 3.8) is 0 Å². The summed E-state index contributed by atoms with van der Waals surface area (Å²) < 4.78 is 0. The van der Waals surface area contributed by atoms with Gasteiger partial charge in [0.15, 0.2) is 0 Å². The number of benzene rings is 1. The molecule has 0 spiro atoms. The number of nitrogens with two attached hydrogens (primary N) is 1. The number of halogens is 1. The van der Waals surface area contributed by atoms with Gasteiger partial charge in [0, 0.05) is 11.9 Å². The van der Waals surface area contributed by atoms with Crippen LogP contribution in [0, 0.1) is 0 Å². The number of carbonyl (C=O) groups excluding carboxylic acids is 1. The highest BCUT2D eigenvalue weighted by atomic mass is 35.5. The van der Waals surface area contributed by atoms with Gasteiger partial charge < -0.3 is 11.1 Å². The lowest BCUT2D eigenvalue weighted by atomic mass is 10.1. The number of carbonyl (C=O) groups is 1. The third-order valence-corrected chi connectivity index (χ3v) is 2.84. The van der Waals surface area contributed by atoms with Crippen molar-refractivity contribution in [1.82, 2.24) is 4.98 Å². The van der Waals surface area contributed by atoms with Crippen LogP contribution >= 0.6 is 11.6 Å². The molecule has 4 nitrogen and oxygen atoms in total. The summed E-state index contributed by atoms with van der Waals surface area (Å²) in [4.78, 5) is 15.8. The van der Waals surface area contributed by atoms with E-state index < -0.39 is 6.04 Å². The van der Waals surface area contributed by atoms with Gasteiger partial charge in [-0.05, 0) is 24.1 Å². The molecule has 5 heteroatoms. The fourth-order valence-corrected chi connectivity index (χ4v) is 1.85. The number of hydrogen-bond donors (Lipinski definition) is 2. The first kappa shape index (κ1) is 13.5. The standard InChI is InChI=1S/C14H14ClN3O/c15-13-9-11(6-7-17-13)18-14(19)12(16)8-10-4-2-1-3-5-10/h1-7,9,12H,8,16H2,(H,17,18,19). The van der Waals surface area contributed by atoms with Crippen LogP contribution in [0.15, 0.2) is 48.7 Å². The summed E-state index contributed by atoms with van der Waals surface area (Å²) >= 11 is 5.74. The molecule has 2 aromatic rings. The first-order chi connectivity index (χ1) is 9.15. The largest absolute Gasteiger partial charge is 0.325 e. The van der Waals surface area contributed by atoms with Gasteiger partial charge in [0.05, 0.1) is 6.04 Å². The first-order valence-corrected chi connectivity index (χ1v) is 6.25. The maximum atomic E-state index is 11.9. The molecule has 0 radical (unpaired) electrons. The topological polar surface area (TPSA) is 68.0 Å². The van der Waals surface area contributed by atoms with Crippen LogP contribution in [0.4, 0.5) is 5.69 Å². The number of anilines is 1. The molecule has 1 unspecified atom stereocenters. The van der Waals surface area contributed by atoms with Gasteiger partial charge in [-0.25, -0.2) is 4.98 Å². The molecule has 0 aliphatic rings. The van der Waals surface area contributed by atoms with Crippen LogP contribution < -0.4 is 11.1 Å². The average molecular weight is 276 g/mol. The third-order valence-electron chi connectivity index (χ3n) is 2.63. The molecule has 1 heterocycles. The average Bonchev–Trinajstić information content (AvgIpc) is 2.40. The van der Waals surface area contributed by atoms with Gasteiger partial charge in [0.25, 0.3) is 0 Å². The summed E-state index contributed by atoms with van der Waals surface area (Å²) in [5, 5.41) is 3.04. The normalized spacial score (nSPS) is 11.9. The molecule has 0 saturated heterocycles. The monoisotopic (exact) mass is 275 g/mol. The van der Waals surface area contributed by atoms with Crippen LogP contribution in [0.5, 0.6) is 0 Å². The first-order valence-electron chi connectivity index (χ1n) is 5.87. The Morgan fingerprint density at radius 3 is 2.74 bits per heavy atom. The Bertz CT molecular complexity index is 560. The Kier molecular flexibility index (Phi) is 4.49. The quantitative estimate of drug-likeness (QED) is 0.841. The highest BCUT2D eigenvalue weighted by Crippen LogP contribution is 2.12. The molecule has 0 aliphatic carbocycles. The molecule has 3 N–H and O–H groups in total. The molecule has 0 bridgehead atoms. The van der Waals surface area contributed by atoms with E-state index in [1.807, 2.05) is 30.3 Å². The molecule has 0 fully saturated rings. The van der Waals surface area contributed by atoms with Crippen molar-refractivity contribution < 1.29 is 4.79 Å². The van der Waals surface area contributed by atoms with Crippen molar-refractivity contribution in [2.45, 2.75) is 12.5 Å². The molecule has 98 valence electrons. The zero-order valence-electron chi connectivity index (χ0n) is 10.2. The molecule has 0 aliphatic heterocycles. The third kappa shape index (κ3) is 4.05. The second-order valence-corrected chi connectivity index (χ2v) is 4.54. The van der Waals surface area contributed by atoms with E-state index in [-0.39, 0.29) is 5.91 Å². The highest BCUT2D eigenvalue weighted by molar-refractivity contribution is 6.29. The number of nitrogens with one attached hydrogen (secondary N) is 1. The van der Waals surface area contributed by atoms with Crippen molar-refractivity contribution in [2.24, 2.45) is 5.73 Å². The Morgan fingerprint density at radius 2 is 2.05 bits per heavy atom. The van der Waals surface area contributed by atoms with Crippen molar-refractivity contribution >= 4 is 23.2 Å². The van der Waals surface area contributed by atoms with Gasteiger partial charge in [0.1, 0.15) is 5.15 Å². The zero-order valence-corrected chi connectivity index (χ0v) is 11.0. The van der Waals surface area contributed by atoms with Crippen molar-refractivity contribution in [1.29, 1.82) is 0 Å². The fraction of sp³-hybridized carbons (Fsp3) is 0.143. The van der Waals surface area contributed by atoms with Crippen molar-refractivity contribution in [2.75, 3.05) is 5.32 Å². The van der Waals surface area contributed by atoms with Crippen LogP contribution in [-0.4, -0.2) is 16.9 Å². The number of hydrogen-bond acceptors (Lipinski definition) is 3. The predicted molar refractivity (Wildman–Crippen MR) is 76.0 cm³/mol. The Morgan fingerprint density at radius 1 is 1.32 bits per heavy atom. The molecule has 2 rings (SSSR count). The maximum absolute atomic E-state index is 11.9. The van der Waals surface area contributed by atoms with Crippen LogP contribution in [0.3, 0.4) is 0 Å². The summed E-state index contributed by atoms with van der Waals surface area (Å²) in [5.74, 6) is -0.244. The zero-order chi connectivity index (χ0) is 13.7. The van der Waals surface area contributed by atoms with Crippen LogP contribution in [0.1, 0.15) is 5.56 Å². The molecule has 19 heavy (non-hydrogen) atoms. The molecule has 1 amide bonds. The minimum absolute atomic E-state index is 0.244. The lowest BCUT2D eigenvalue weighted by Crippen LogP contribution is -2.37. The SMILES string of the molecule is NC(Cc1ccccc1)C(=O)Nc1ccnc(Cl)c1. The number of nitrogens with zero attached hydrogens (tertiary/aromatic N) is 1. The summed E-state index contributed by atoms with van der Waals surface area (Å²) in [6, 6.07) is 12.3. The van der Waals surface area contributed by atoms with Gasteiger partial charge in [-0.2, -0.15) is 0 Å². The minimum Gasteiger partial charge on any atom is -0.325 e. The van der Waals surface area contributed by atoms with Gasteiger partial charge in [-0.3, -0.25) is 4.79 Å². The van der Waals surface area contributed by atoms with Gasteiger partial charge in [0.2, 0.25) is 5.91 Å². The van der Waals surface area contributed by atoms with E-state index in [9.17, 15) is 4.79 Å². The highest BCUT2D eigenvalue weighted by Gasteiger charge is 2.14. The van der Waals surface area contributed by atoms with Crippen LogP contribution in [0.2, 0.25) is 5.15 Å². The van der Waals surface area contributed by atoms with E-state index in [0.717, 1.165) is 5.56 Å². The van der Waals surface area contributed by atoms with Crippen LogP contribution in [0.25, 0.3) is 0 Å². The summed E-state index contributed by atoms with van der Waals surface area (Å²) in [7, 11) is 0. The number of aromatic nitrogens is 1. The smallest absolute Gasteiger partial charge is 0.241 e. The summed E-state index contributed by atoms with van der Waals surface area (Å²) in [6.07, 6.45) is 2.02. The predicted octanol–water partition coefficient (Wildman–Crippen LogP) is 2.24. The second-order valence-electron chi connectivity index (χ2n) is 4.15. The van der Waals surface area contributed by atoms with Gasteiger partial charge >= 0.3 is 0 Å². The lowest BCUT2D eigenvalue weighted by Gasteiger charge is -2.12. The summed E-state index contributed by atoms with van der Waals surface area (Å²) in [5.41, 5.74) is 7.49. The fourth-order valence-electron chi connectivity index (χ4n) is 1.68. The second kappa shape index (κ2) is 6.31. The van der Waals surface area contributed by atoms with Crippen molar-refractivity contribution in [3.8, 4) is 0 Å². The molecular formula is C14H14ClN3O. The van der Waals surface area contributed by atoms with Gasteiger partial charge in [-0.15, -0.1) is 0 Å². The number of rotatable bonds is 4. The number of pyridine rings is 1. The maximum Gasteiger partial charge on any atom is 0.241 e. The Labute approximate surface area is 116 Å². The van der Waals surface area contributed by atoms with Crippen LogP contribution in [-0.2, 0) is 11.2 Å². The van der Waals surface area contributed by atoms with E-state index in [2.05, 4.69) is 10.3 Å². The minimum atomic E-state index is -0.602. The van der Waals surface area contributed by atoms with E-state index in [1.165, 1.54) is 6.20 Å².